The van der Waals surface area contributed by atoms with Gasteiger partial charge in [-0.2, -0.15) is 0 Å². The second kappa shape index (κ2) is 8.75. The molecule has 28 heavy (non-hydrogen) atoms. The smallest absolute Gasteiger partial charge is 0.277 e. The van der Waals surface area contributed by atoms with Crippen LogP contribution in [0.25, 0.3) is 10.6 Å². The van der Waals surface area contributed by atoms with Gasteiger partial charge in [0.05, 0.1) is 20.8 Å². The van der Waals surface area contributed by atoms with Crippen LogP contribution in [0.2, 0.25) is 0 Å². The third kappa shape index (κ3) is 4.09. The zero-order valence-corrected chi connectivity index (χ0v) is 17.1. The van der Waals surface area contributed by atoms with Crippen molar-refractivity contribution in [2.75, 3.05) is 32.8 Å². The first-order valence-electron chi connectivity index (χ1n) is 8.76. The van der Waals surface area contributed by atoms with Gasteiger partial charge in [0.15, 0.2) is 11.5 Å². The Balaban J connectivity index is 1.79. The van der Waals surface area contributed by atoms with E-state index in [4.69, 9.17) is 14.2 Å². The van der Waals surface area contributed by atoms with E-state index < -0.39 is 0 Å². The summed E-state index contributed by atoms with van der Waals surface area (Å²) < 4.78 is 16.0. The number of carbonyl (C=O) groups is 1. The molecular weight excluding hydrogens is 376 g/mol. The SMILES string of the molecule is CCOc1ccc(-c2nc(C(=O)N(C)c3ccc(OC)c(OC)c3)cs2)cc1. The third-order valence-electron chi connectivity index (χ3n) is 4.19. The van der Waals surface area contributed by atoms with E-state index >= 15 is 0 Å². The van der Waals surface area contributed by atoms with E-state index in [9.17, 15) is 4.79 Å². The number of aromatic nitrogens is 1. The lowest BCUT2D eigenvalue weighted by Gasteiger charge is -2.18. The van der Waals surface area contributed by atoms with Crippen molar-refractivity contribution in [3.8, 4) is 27.8 Å². The van der Waals surface area contributed by atoms with Crippen molar-refractivity contribution < 1.29 is 19.0 Å². The summed E-state index contributed by atoms with van der Waals surface area (Å²) in [7, 11) is 4.84. The average molecular weight is 398 g/mol. The Kier molecular flexibility index (Phi) is 6.16. The van der Waals surface area contributed by atoms with Crippen LogP contribution in [0.15, 0.2) is 47.8 Å². The Morgan fingerprint density at radius 3 is 2.43 bits per heavy atom. The summed E-state index contributed by atoms with van der Waals surface area (Å²) in [6.07, 6.45) is 0. The molecule has 3 rings (SSSR count). The van der Waals surface area contributed by atoms with Gasteiger partial charge in [-0.1, -0.05) is 0 Å². The molecule has 1 aromatic heterocycles. The Labute approximate surface area is 168 Å². The summed E-state index contributed by atoms with van der Waals surface area (Å²) in [5, 5.41) is 2.55. The number of anilines is 1. The molecule has 0 unspecified atom stereocenters. The second-order valence-electron chi connectivity index (χ2n) is 5.90. The summed E-state index contributed by atoms with van der Waals surface area (Å²) in [5.74, 6) is 1.79. The molecule has 0 radical (unpaired) electrons. The molecule has 0 saturated carbocycles. The highest BCUT2D eigenvalue weighted by atomic mass is 32.1. The minimum atomic E-state index is -0.194. The highest BCUT2D eigenvalue weighted by molar-refractivity contribution is 7.13. The van der Waals surface area contributed by atoms with Crippen LogP contribution in [0, 0.1) is 0 Å². The number of rotatable bonds is 7. The molecule has 0 N–H and O–H groups in total. The lowest BCUT2D eigenvalue weighted by molar-refractivity contribution is 0.0989. The summed E-state index contributed by atoms with van der Waals surface area (Å²) in [5.41, 5.74) is 2.03. The molecule has 3 aromatic rings. The van der Waals surface area contributed by atoms with Crippen molar-refractivity contribution >= 4 is 22.9 Å². The van der Waals surface area contributed by atoms with Crippen LogP contribution in [0.4, 0.5) is 5.69 Å². The van der Waals surface area contributed by atoms with Gasteiger partial charge >= 0.3 is 0 Å². The molecule has 0 fully saturated rings. The fraction of sp³-hybridized carbons (Fsp3) is 0.238. The maximum absolute atomic E-state index is 12.9. The number of methoxy groups -OCH3 is 2. The molecule has 146 valence electrons. The molecule has 0 spiro atoms. The van der Waals surface area contributed by atoms with Crippen LogP contribution in [-0.4, -0.2) is 38.8 Å². The highest BCUT2D eigenvalue weighted by Crippen LogP contribution is 2.32. The summed E-state index contributed by atoms with van der Waals surface area (Å²) in [6.45, 7) is 2.57. The van der Waals surface area contributed by atoms with E-state index in [1.807, 2.05) is 31.2 Å². The van der Waals surface area contributed by atoms with Crippen LogP contribution in [0.1, 0.15) is 17.4 Å². The molecule has 6 nitrogen and oxygen atoms in total. The molecule has 0 atom stereocenters. The molecule has 1 heterocycles. The number of thiazole rings is 1. The van der Waals surface area contributed by atoms with Gasteiger partial charge < -0.3 is 19.1 Å². The first-order chi connectivity index (χ1) is 13.6. The maximum Gasteiger partial charge on any atom is 0.277 e. The van der Waals surface area contributed by atoms with Crippen molar-refractivity contribution in [2.45, 2.75) is 6.92 Å². The van der Waals surface area contributed by atoms with Gasteiger partial charge in [0.25, 0.3) is 5.91 Å². The van der Waals surface area contributed by atoms with Gasteiger partial charge in [-0.3, -0.25) is 4.79 Å². The monoisotopic (exact) mass is 398 g/mol. The number of ether oxygens (including phenoxy) is 3. The third-order valence-corrected chi connectivity index (χ3v) is 5.09. The van der Waals surface area contributed by atoms with Gasteiger partial charge in [0.1, 0.15) is 16.5 Å². The number of hydrogen-bond donors (Lipinski definition) is 0. The van der Waals surface area contributed by atoms with Crippen molar-refractivity contribution in [2.24, 2.45) is 0 Å². The topological polar surface area (TPSA) is 60.9 Å². The van der Waals surface area contributed by atoms with Crippen molar-refractivity contribution in [1.29, 1.82) is 0 Å². The van der Waals surface area contributed by atoms with Crippen molar-refractivity contribution in [3.05, 3.63) is 53.5 Å². The first kappa shape index (κ1) is 19.7. The van der Waals surface area contributed by atoms with Crippen LogP contribution >= 0.6 is 11.3 Å². The molecule has 7 heteroatoms. The van der Waals surface area contributed by atoms with E-state index in [1.54, 1.807) is 49.7 Å². The quantitative estimate of drug-likeness (QED) is 0.586. The lowest BCUT2D eigenvalue weighted by Crippen LogP contribution is -2.26. The number of hydrogen-bond acceptors (Lipinski definition) is 6. The number of benzene rings is 2. The Hall–Kier alpha value is -3.06. The Morgan fingerprint density at radius 1 is 1.07 bits per heavy atom. The zero-order valence-electron chi connectivity index (χ0n) is 16.3. The molecule has 2 aromatic carbocycles. The van der Waals surface area contributed by atoms with Crippen molar-refractivity contribution in [1.82, 2.24) is 4.98 Å². The largest absolute Gasteiger partial charge is 0.494 e. The Morgan fingerprint density at radius 2 is 1.79 bits per heavy atom. The number of amides is 1. The van der Waals surface area contributed by atoms with E-state index in [2.05, 4.69) is 4.98 Å². The van der Waals surface area contributed by atoms with Crippen LogP contribution < -0.4 is 19.1 Å². The standard InChI is InChI=1S/C21H22N2O4S/c1-5-27-16-9-6-14(7-10-16)20-22-17(13-28-20)21(24)23(2)15-8-11-18(25-3)19(12-15)26-4/h6-13H,5H2,1-4H3. The predicted octanol–water partition coefficient (Wildman–Crippen LogP) is 4.50. The highest BCUT2D eigenvalue weighted by Gasteiger charge is 2.19. The second-order valence-corrected chi connectivity index (χ2v) is 6.76. The van der Waals surface area contributed by atoms with E-state index in [0.29, 0.717) is 29.5 Å². The number of carbonyl (C=O) groups excluding carboxylic acids is 1. The molecule has 0 bridgehead atoms. The normalized spacial score (nSPS) is 10.4. The van der Waals surface area contributed by atoms with Crippen LogP contribution in [0.3, 0.4) is 0 Å². The fourth-order valence-corrected chi connectivity index (χ4v) is 3.49. The zero-order chi connectivity index (χ0) is 20.1. The lowest BCUT2D eigenvalue weighted by atomic mass is 10.2. The van der Waals surface area contributed by atoms with Gasteiger partial charge in [0.2, 0.25) is 0 Å². The predicted molar refractivity (Wildman–Crippen MR) is 111 cm³/mol. The molecule has 0 saturated heterocycles. The van der Waals surface area contributed by atoms with Gasteiger partial charge in [-0.15, -0.1) is 11.3 Å². The minimum absolute atomic E-state index is 0.194. The molecular formula is C21H22N2O4S. The molecule has 1 amide bonds. The Bertz CT molecular complexity index is 953. The molecule has 0 aliphatic rings. The van der Waals surface area contributed by atoms with Gasteiger partial charge in [-0.05, 0) is 43.3 Å². The summed E-state index contributed by atoms with van der Waals surface area (Å²) in [4.78, 5) is 18.9. The van der Waals surface area contributed by atoms with Gasteiger partial charge in [-0.25, -0.2) is 4.98 Å². The summed E-state index contributed by atoms with van der Waals surface area (Å²) in [6, 6.07) is 13.0. The molecule has 0 aliphatic carbocycles. The van der Waals surface area contributed by atoms with Gasteiger partial charge in [0, 0.05) is 29.7 Å². The van der Waals surface area contributed by atoms with Crippen molar-refractivity contribution in [3.63, 3.8) is 0 Å². The number of nitrogens with zero attached hydrogens (tertiary/aromatic N) is 2. The first-order valence-corrected chi connectivity index (χ1v) is 9.64. The average Bonchev–Trinajstić information content (AvgIpc) is 3.23. The molecule has 0 aliphatic heterocycles. The van der Waals surface area contributed by atoms with Crippen LogP contribution in [0.5, 0.6) is 17.2 Å². The minimum Gasteiger partial charge on any atom is -0.494 e. The van der Waals surface area contributed by atoms with E-state index in [0.717, 1.165) is 16.3 Å². The van der Waals surface area contributed by atoms with E-state index in [-0.39, 0.29) is 5.91 Å². The fourth-order valence-electron chi connectivity index (χ4n) is 2.69. The van der Waals surface area contributed by atoms with E-state index in [1.165, 1.54) is 11.3 Å². The maximum atomic E-state index is 12.9. The van der Waals surface area contributed by atoms with Crippen LogP contribution in [-0.2, 0) is 0 Å². The summed E-state index contributed by atoms with van der Waals surface area (Å²) >= 11 is 1.43.